The molecule has 9 heteroatoms. The van der Waals surface area contributed by atoms with Crippen molar-refractivity contribution < 1.29 is 9.21 Å². The first-order valence-corrected chi connectivity index (χ1v) is 10.7. The number of nitrogens with one attached hydrogen (secondary N) is 1. The van der Waals surface area contributed by atoms with Gasteiger partial charge in [-0.15, -0.1) is 0 Å². The quantitative estimate of drug-likeness (QED) is 0.478. The Morgan fingerprint density at radius 3 is 2.74 bits per heavy atom. The molecule has 160 valence electrons. The van der Waals surface area contributed by atoms with Crippen LogP contribution in [0.2, 0.25) is 0 Å². The van der Waals surface area contributed by atoms with Gasteiger partial charge < -0.3 is 14.6 Å². The minimum absolute atomic E-state index is 0.148. The second kappa shape index (κ2) is 8.73. The van der Waals surface area contributed by atoms with E-state index in [-0.39, 0.29) is 24.6 Å². The number of hydrogen-bond acceptors (Lipinski definition) is 7. The van der Waals surface area contributed by atoms with E-state index in [0.717, 1.165) is 20.9 Å². The van der Waals surface area contributed by atoms with Gasteiger partial charge in [-0.05, 0) is 43.2 Å². The number of aromatic nitrogens is 3. The number of rotatable bonds is 7. The van der Waals surface area contributed by atoms with E-state index >= 15 is 0 Å². The van der Waals surface area contributed by atoms with E-state index in [1.165, 1.54) is 16.3 Å². The number of fused-ring (bicyclic) bond motifs is 1. The smallest absolute Gasteiger partial charge is 0.266 e. The fourth-order valence-electron chi connectivity index (χ4n) is 3.22. The monoisotopic (exact) mass is 437 g/mol. The van der Waals surface area contributed by atoms with Gasteiger partial charge in [0, 0.05) is 19.7 Å². The largest absolute Gasteiger partial charge is 0.463 e. The van der Waals surface area contributed by atoms with E-state index in [1.807, 2.05) is 18.9 Å². The van der Waals surface area contributed by atoms with Crippen molar-refractivity contribution in [1.82, 2.24) is 20.1 Å². The highest BCUT2D eigenvalue weighted by atomic mass is 32.1. The molecule has 0 unspecified atom stereocenters. The summed E-state index contributed by atoms with van der Waals surface area (Å²) in [5, 5.41) is 7.94. The molecule has 3 aromatic heterocycles. The molecule has 1 N–H and O–H groups in total. The van der Waals surface area contributed by atoms with Gasteiger partial charge >= 0.3 is 0 Å². The van der Waals surface area contributed by atoms with E-state index in [9.17, 15) is 9.59 Å². The Labute approximate surface area is 183 Å². The van der Waals surface area contributed by atoms with Crippen LogP contribution in [0.15, 0.2) is 51.9 Å². The lowest BCUT2D eigenvalue weighted by Gasteiger charge is -2.15. The van der Waals surface area contributed by atoms with E-state index in [4.69, 9.17) is 9.40 Å². The number of hydrogen-bond donors (Lipinski definition) is 1. The molecule has 31 heavy (non-hydrogen) atoms. The molecule has 4 aromatic rings. The predicted octanol–water partition coefficient (Wildman–Crippen LogP) is 2.98. The van der Waals surface area contributed by atoms with Crippen molar-refractivity contribution in [2.45, 2.75) is 20.4 Å². The lowest BCUT2D eigenvalue weighted by Crippen LogP contribution is -2.38. The van der Waals surface area contributed by atoms with Crippen LogP contribution >= 0.6 is 11.3 Å². The molecule has 0 atom stereocenters. The molecule has 0 radical (unpaired) electrons. The number of likely N-dealkylation sites (N-methyl/N-ethyl adjacent to an activating group) is 1. The summed E-state index contributed by atoms with van der Waals surface area (Å²) in [4.78, 5) is 31.0. The number of thiazole rings is 1. The van der Waals surface area contributed by atoms with E-state index in [1.54, 1.807) is 35.8 Å². The first-order valence-electron chi connectivity index (χ1n) is 9.89. The molecule has 0 aliphatic carbocycles. The molecule has 1 aromatic carbocycles. The van der Waals surface area contributed by atoms with Crippen LogP contribution < -0.4 is 15.8 Å². The minimum atomic E-state index is -0.234. The molecule has 0 aliphatic heterocycles. The van der Waals surface area contributed by atoms with Crippen molar-refractivity contribution in [2.24, 2.45) is 0 Å². The molecule has 0 saturated carbocycles. The van der Waals surface area contributed by atoms with Crippen molar-refractivity contribution in [3.05, 3.63) is 64.1 Å². The SMILES string of the molecule is Cc1ccc(C)c2sc(N(C)CC(=O)NCCn3nc(-c4ccco4)ccc3=O)nc12. The number of nitrogens with zero attached hydrogens (tertiary/aromatic N) is 4. The summed E-state index contributed by atoms with van der Waals surface area (Å²) in [6.07, 6.45) is 1.55. The van der Waals surface area contributed by atoms with Gasteiger partial charge in [0.1, 0.15) is 5.69 Å². The Hall–Kier alpha value is -3.46. The van der Waals surface area contributed by atoms with Gasteiger partial charge in [0.25, 0.3) is 5.56 Å². The molecule has 0 saturated heterocycles. The first-order chi connectivity index (χ1) is 14.9. The summed E-state index contributed by atoms with van der Waals surface area (Å²) in [6.45, 7) is 4.83. The van der Waals surface area contributed by atoms with Gasteiger partial charge in [-0.25, -0.2) is 9.67 Å². The fraction of sp³-hybridized carbons (Fsp3) is 0.273. The number of amides is 1. The Morgan fingerprint density at radius 2 is 2.00 bits per heavy atom. The second-order valence-corrected chi connectivity index (χ2v) is 8.31. The summed E-state index contributed by atoms with van der Waals surface area (Å²) in [6, 6.07) is 10.7. The molecule has 1 amide bonds. The van der Waals surface area contributed by atoms with Crippen LogP contribution in [-0.4, -0.2) is 40.8 Å². The van der Waals surface area contributed by atoms with E-state index in [0.29, 0.717) is 18.0 Å². The zero-order valence-electron chi connectivity index (χ0n) is 17.6. The number of carbonyl (C=O) groups excluding carboxylic acids is 1. The maximum Gasteiger partial charge on any atom is 0.266 e. The maximum atomic E-state index is 12.4. The summed E-state index contributed by atoms with van der Waals surface area (Å²) in [5.74, 6) is 0.436. The number of aryl methyl sites for hydroxylation is 2. The number of anilines is 1. The van der Waals surface area contributed by atoms with Crippen LogP contribution in [0.5, 0.6) is 0 Å². The lowest BCUT2D eigenvalue weighted by molar-refractivity contribution is -0.119. The number of carbonyl (C=O) groups is 1. The third-order valence-electron chi connectivity index (χ3n) is 4.92. The molecular weight excluding hydrogens is 414 g/mol. The van der Waals surface area contributed by atoms with Crippen LogP contribution in [0.4, 0.5) is 5.13 Å². The van der Waals surface area contributed by atoms with Crippen molar-refractivity contribution in [3.63, 3.8) is 0 Å². The van der Waals surface area contributed by atoms with E-state index < -0.39 is 0 Å². The highest BCUT2D eigenvalue weighted by molar-refractivity contribution is 7.22. The molecule has 0 aliphatic rings. The highest BCUT2D eigenvalue weighted by Crippen LogP contribution is 2.32. The summed E-state index contributed by atoms with van der Waals surface area (Å²) >= 11 is 1.58. The Bertz CT molecular complexity index is 1240. The maximum absolute atomic E-state index is 12.4. The van der Waals surface area contributed by atoms with Gasteiger partial charge in [0.15, 0.2) is 10.9 Å². The van der Waals surface area contributed by atoms with Crippen LogP contribution in [0.1, 0.15) is 11.1 Å². The first kappa shape index (κ1) is 20.8. The highest BCUT2D eigenvalue weighted by Gasteiger charge is 2.14. The van der Waals surface area contributed by atoms with Crippen LogP contribution in [0, 0.1) is 13.8 Å². The summed E-state index contributed by atoms with van der Waals surface area (Å²) in [7, 11) is 1.85. The molecular formula is C22H23N5O3S. The van der Waals surface area contributed by atoms with Crippen LogP contribution in [0.25, 0.3) is 21.7 Å². The number of furan rings is 1. The second-order valence-electron chi connectivity index (χ2n) is 7.34. The minimum Gasteiger partial charge on any atom is -0.463 e. The Morgan fingerprint density at radius 1 is 1.19 bits per heavy atom. The third-order valence-corrected chi connectivity index (χ3v) is 6.23. The zero-order valence-corrected chi connectivity index (χ0v) is 18.4. The standard InChI is InChI=1S/C22H23N5O3S/c1-14-6-7-15(2)21-20(14)24-22(31-21)26(3)13-18(28)23-10-11-27-19(29)9-8-16(25-27)17-5-4-12-30-17/h4-9,12H,10-11,13H2,1-3H3,(H,23,28). The fourth-order valence-corrected chi connectivity index (χ4v) is 4.29. The predicted molar refractivity (Wildman–Crippen MR) is 122 cm³/mol. The lowest BCUT2D eigenvalue weighted by atomic mass is 10.1. The average molecular weight is 438 g/mol. The molecule has 0 spiro atoms. The third kappa shape index (κ3) is 4.51. The van der Waals surface area contributed by atoms with Gasteiger partial charge in [-0.3, -0.25) is 9.59 Å². The van der Waals surface area contributed by atoms with Crippen molar-refractivity contribution in [3.8, 4) is 11.5 Å². The summed E-state index contributed by atoms with van der Waals surface area (Å²) < 4.78 is 7.78. The van der Waals surface area contributed by atoms with Gasteiger partial charge in [0.05, 0.1) is 29.6 Å². The Kier molecular flexibility index (Phi) is 5.85. The number of benzene rings is 1. The van der Waals surface area contributed by atoms with Crippen molar-refractivity contribution in [1.29, 1.82) is 0 Å². The van der Waals surface area contributed by atoms with Gasteiger partial charge in [-0.1, -0.05) is 23.5 Å². The van der Waals surface area contributed by atoms with Gasteiger partial charge in [0.2, 0.25) is 5.91 Å². The topological polar surface area (TPSA) is 93.3 Å². The van der Waals surface area contributed by atoms with E-state index in [2.05, 4.69) is 29.5 Å². The zero-order chi connectivity index (χ0) is 22.0. The summed E-state index contributed by atoms with van der Waals surface area (Å²) in [5.41, 5.74) is 3.61. The van der Waals surface area contributed by atoms with Crippen LogP contribution in [0.3, 0.4) is 0 Å². The molecule has 4 rings (SSSR count). The normalized spacial score (nSPS) is 11.1. The van der Waals surface area contributed by atoms with Crippen molar-refractivity contribution >= 4 is 32.6 Å². The van der Waals surface area contributed by atoms with Crippen molar-refractivity contribution in [2.75, 3.05) is 25.0 Å². The molecule has 3 heterocycles. The molecule has 0 bridgehead atoms. The van der Waals surface area contributed by atoms with Gasteiger partial charge in [-0.2, -0.15) is 5.10 Å². The van der Waals surface area contributed by atoms with Crippen LogP contribution in [-0.2, 0) is 11.3 Å². The molecule has 0 fully saturated rings. The molecule has 8 nitrogen and oxygen atoms in total. The average Bonchev–Trinajstić information content (AvgIpc) is 3.43. The Balaban J connectivity index is 1.36.